The highest BCUT2D eigenvalue weighted by Crippen LogP contribution is 2.13. The number of likely N-dealkylation sites (N-methyl/N-ethyl adjacent to an activating group) is 1. The molecule has 0 saturated carbocycles. The van der Waals surface area contributed by atoms with Gasteiger partial charge in [0.25, 0.3) is 0 Å². The topological polar surface area (TPSA) is 52.1 Å². The van der Waals surface area contributed by atoms with Crippen LogP contribution in [-0.2, 0) is 17.8 Å². The number of halogens is 1. The van der Waals surface area contributed by atoms with Crippen molar-refractivity contribution < 1.29 is 4.74 Å². The summed E-state index contributed by atoms with van der Waals surface area (Å²) in [6.07, 6.45) is 0.970. The molecule has 0 amide bonds. The zero-order valence-electron chi connectivity index (χ0n) is 17.0. The molecule has 1 aromatic carbocycles. The number of guanidine groups is 1. The molecule has 0 bridgehead atoms. The SMILES string of the molecule is CCN1CCN(Cc2ccccc2CNC(=NC)NCCCOC)CC1.I. The lowest BCUT2D eigenvalue weighted by molar-refractivity contribution is 0.131. The predicted octanol–water partition coefficient (Wildman–Crippen LogP) is 2.14. The Labute approximate surface area is 181 Å². The van der Waals surface area contributed by atoms with Crippen LogP contribution in [0.3, 0.4) is 0 Å². The lowest BCUT2D eigenvalue weighted by Crippen LogP contribution is -2.45. The van der Waals surface area contributed by atoms with E-state index in [9.17, 15) is 0 Å². The summed E-state index contributed by atoms with van der Waals surface area (Å²) in [7, 11) is 3.54. The van der Waals surface area contributed by atoms with E-state index in [0.29, 0.717) is 0 Å². The van der Waals surface area contributed by atoms with Crippen molar-refractivity contribution in [3.8, 4) is 0 Å². The molecular weight excluding hydrogens is 453 g/mol. The maximum Gasteiger partial charge on any atom is 0.191 e. The van der Waals surface area contributed by atoms with Crippen LogP contribution >= 0.6 is 24.0 Å². The number of piperazine rings is 1. The van der Waals surface area contributed by atoms with E-state index in [1.54, 1.807) is 7.11 Å². The molecule has 0 aromatic heterocycles. The van der Waals surface area contributed by atoms with Crippen LogP contribution in [0.5, 0.6) is 0 Å². The van der Waals surface area contributed by atoms with Gasteiger partial charge in [-0.1, -0.05) is 31.2 Å². The second-order valence-corrected chi connectivity index (χ2v) is 6.68. The second kappa shape index (κ2) is 14.1. The summed E-state index contributed by atoms with van der Waals surface area (Å²) in [6.45, 7) is 11.5. The summed E-state index contributed by atoms with van der Waals surface area (Å²) < 4.78 is 5.08. The van der Waals surface area contributed by atoms with E-state index >= 15 is 0 Å². The minimum atomic E-state index is 0. The van der Waals surface area contributed by atoms with E-state index in [1.165, 1.54) is 24.2 Å². The number of nitrogens with one attached hydrogen (secondary N) is 2. The molecule has 6 nitrogen and oxygen atoms in total. The molecular formula is C20H36IN5O. The van der Waals surface area contributed by atoms with Crippen LogP contribution in [0, 0.1) is 0 Å². The molecule has 0 spiro atoms. The molecule has 154 valence electrons. The molecule has 1 aromatic rings. The van der Waals surface area contributed by atoms with E-state index in [2.05, 4.69) is 56.6 Å². The first-order valence-electron chi connectivity index (χ1n) is 9.71. The van der Waals surface area contributed by atoms with E-state index in [-0.39, 0.29) is 24.0 Å². The van der Waals surface area contributed by atoms with Gasteiger partial charge in [0.05, 0.1) is 0 Å². The number of benzene rings is 1. The fraction of sp³-hybridized carbons (Fsp3) is 0.650. The maximum absolute atomic E-state index is 5.08. The van der Waals surface area contributed by atoms with Gasteiger partial charge < -0.3 is 20.3 Å². The Balaban J connectivity index is 0.00000364. The number of ether oxygens (including phenoxy) is 1. The Bertz CT molecular complexity index is 547. The van der Waals surface area contributed by atoms with Gasteiger partial charge in [0.15, 0.2) is 5.96 Å². The van der Waals surface area contributed by atoms with E-state index in [4.69, 9.17) is 4.74 Å². The first kappa shape index (κ1) is 24.1. The Hall–Kier alpha value is -0.900. The predicted molar refractivity (Wildman–Crippen MR) is 124 cm³/mol. The highest BCUT2D eigenvalue weighted by Gasteiger charge is 2.16. The molecule has 0 radical (unpaired) electrons. The molecule has 2 rings (SSSR count). The van der Waals surface area contributed by atoms with Crippen LogP contribution in [0.2, 0.25) is 0 Å². The molecule has 1 heterocycles. The van der Waals surface area contributed by atoms with Gasteiger partial charge in [0.2, 0.25) is 0 Å². The Morgan fingerprint density at radius 1 is 1.07 bits per heavy atom. The first-order valence-corrected chi connectivity index (χ1v) is 9.71. The standard InChI is InChI=1S/C20H35N5O.HI/c1-4-24-11-13-25(14-12-24)17-19-9-6-5-8-18(19)16-23-20(21-2)22-10-7-15-26-3;/h5-6,8-9H,4,7,10-17H2,1-3H3,(H2,21,22,23);1H. The van der Waals surface area contributed by atoms with Crippen molar-refractivity contribution in [1.82, 2.24) is 20.4 Å². The third-order valence-corrected chi connectivity index (χ3v) is 4.91. The van der Waals surface area contributed by atoms with Crippen molar-refractivity contribution in [2.75, 3.05) is 60.0 Å². The monoisotopic (exact) mass is 489 g/mol. The Morgan fingerprint density at radius 3 is 2.37 bits per heavy atom. The van der Waals surface area contributed by atoms with Crippen molar-refractivity contribution in [3.05, 3.63) is 35.4 Å². The van der Waals surface area contributed by atoms with Crippen molar-refractivity contribution in [1.29, 1.82) is 0 Å². The van der Waals surface area contributed by atoms with Crippen LogP contribution in [0.15, 0.2) is 29.3 Å². The van der Waals surface area contributed by atoms with Crippen LogP contribution in [0.25, 0.3) is 0 Å². The van der Waals surface area contributed by atoms with Gasteiger partial charge in [0, 0.05) is 66.6 Å². The largest absolute Gasteiger partial charge is 0.385 e. The van der Waals surface area contributed by atoms with Gasteiger partial charge in [-0.25, -0.2) is 0 Å². The smallest absolute Gasteiger partial charge is 0.191 e. The minimum Gasteiger partial charge on any atom is -0.385 e. The average molecular weight is 489 g/mol. The summed E-state index contributed by atoms with van der Waals surface area (Å²) in [5, 5.41) is 6.76. The van der Waals surface area contributed by atoms with Crippen LogP contribution in [0.1, 0.15) is 24.5 Å². The quantitative estimate of drug-likeness (QED) is 0.241. The Morgan fingerprint density at radius 2 is 1.74 bits per heavy atom. The molecule has 27 heavy (non-hydrogen) atoms. The van der Waals surface area contributed by atoms with Crippen LogP contribution in [-0.4, -0.2) is 75.8 Å². The lowest BCUT2D eigenvalue weighted by atomic mass is 10.1. The second-order valence-electron chi connectivity index (χ2n) is 6.68. The molecule has 1 saturated heterocycles. The molecule has 1 fully saturated rings. The van der Waals surface area contributed by atoms with E-state index < -0.39 is 0 Å². The van der Waals surface area contributed by atoms with E-state index in [1.807, 2.05) is 7.05 Å². The first-order chi connectivity index (χ1) is 12.8. The van der Waals surface area contributed by atoms with Crippen molar-refractivity contribution in [2.45, 2.75) is 26.4 Å². The molecule has 7 heteroatoms. The fourth-order valence-electron chi connectivity index (χ4n) is 3.21. The third-order valence-electron chi connectivity index (χ3n) is 4.91. The molecule has 2 N–H and O–H groups in total. The number of rotatable bonds is 9. The van der Waals surface area contributed by atoms with Gasteiger partial charge in [-0.2, -0.15) is 0 Å². The molecule has 0 unspecified atom stereocenters. The average Bonchev–Trinajstić information content (AvgIpc) is 2.69. The number of nitrogens with zero attached hydrogens (tertiary/aromatic N) is 3. The number of hydrogen-bond donors (Lipinski definition) is 2. The summed E-state index contributed by atoms with van der Waals surface area (Å²) >= 11 is 0. The summed E-state index contributed by atoms with van der Waals surface area (Å²) in [4.78, 5) is 9.38. The summed E-state index contributed by atoms with van der Waals surface area (Å²) in [5.41, 5.74) is 2.74. The third kappa shape index (κ3) is 8.76. The van der Waals surface area contributed by atoms with Crippen LogP contribution in [0.4, 0.5) is 0 Å². The van der Waals surface area contributed by atoms with E-state index in [0.717, 1.165) is 58.3 Å². The van der Waals surface area contributed by atoms with Gasteiger partial charge in [0.1, 0.15) is 0 Å². The maximum atomic E-state index is 5.08. The fourth-order valence-corrected chi connectivity index (χ4v) is 3.21. The van der Waals surface area contributed by atoms with Gasteiger partial charge in [-0.15, -0.1) is 24.0 Å². The minimum absolute atomic E-state index is 0. The van der Waals surface area contributed by atoms with Crippen molar-refractivity contribution >= 4 is 29.9 Å². The van der Waals surface area contributed by atoms with Crippen LogP contribution < -0.4 is 10.6 Å². The number of hydrogen-bond acceptors (Lipinski definition) is 4. The highest BCUT2D eigenvalue weighted by molar-refractivity contribution is 14.0. The summed E-state index contributed by atoms with van der Waals surface area (Å²) in [6, 6.07) is 8.71. The molecule has 0 aliphatic carbocycles. The van der Waals surface area contributed by atoms with Crippen molar-refractivity contribution in [3.63, 3.8) is 0 Å². The highest BCUT2D eigenvalue weighted by atomic mass is 127. The zero-order valence-corrected chi connectivity index (χ0v) is 19.4. The normalized spacial score (nSPS) is 16.0. The van der Waals surface area contributed by atoms with Gasteiger partial charge >= 0.3 is 0 Å². The molecule has 1 aliphatic rings. The van der Waals surface area contributed by atoms with Crippen molar-refractivity contribution in [2.24, 2.45) is 4.99 Å². The summed E-state index contributed by atoms with van der Waals surface area (Å²) in [5.74, 6) is 0.840. The number of aliphatic imine (C=N–C) groups is 1. The van der Waals surface area contributed by atoms with Gasteiger partial charge in [-0.05, 0) is 24.1 Å². The molecule has 1 aliphatic heterocycles. The Kier molecular flexibility index (Phi) is 12.6. The van der Waals surface area contributed by atoms with Gasteiger partial charge in [-0.3, -0.25) is 9.89 Å². The molecule has 0 atom stereocenters. The zero-order chi connectivity index (χ0) is 18.6. The number of methoxy groups -OCH3 is 1. The lowest BCUT2D eigenvalue weighted by Gasteiger charge is -2.34.